The summed E-state index contributed by atoms with van der Waals surface area (Å²) in [6, 6.07) is 6.76. The third-order valence-corrected chi connectivity index (χ3v) is 6.22. The zero-order valence-corrected chi connectivity index (χ0v) is 16.8. The van der Waals surface area contributed by atoms with Crippen LogP contribution in [0.3, 0.4) is 0 Å². The minimum atomic E-state index is -3.62. The molecule has 152 valence electrons. The molecule has 8 nitrogen and oxygen atoms in total. The Balaban J connectivity index is 1.68. The zero-order chi connectivity index (χ0) is 20.0. The van der Waals surface area contributed by atoms with Crippen LogP contribution in [0.25, 0.3) is 0 Å². The van der Waals surface area contributed by atoms with Crippen molar-refractivity contribution in [2.45, 2.75) is 50.0 Å². The lowest BCUT2D eigenvalue weighted by atomic mass is 9.95. The highest BCUT2D eigenvalue weighted by Crippen LogP contribution is 2.24. The van der Waals surface area contributed by atoms with Gasteiger partial charge in [0.25, 0.3) is 0 Å². The minimum Gasteiger partial charge on any atom is -0.395 e. The third-order valence-electron chi connectivity index (χ3n) is 4.74. The van der Waals surface area contributed by atoms with Crippen molar-refractivity contribution >= 4 is 27.5 Å². The van der Waals surface area contributed by atoms with Gasteiger partial charge in [0.15, 0.2) is 0 Å². The highest BCUT2D eigenvalue weighted by molar-refractivity contribution is 7.89. The van der Waals surface area contributed by atoms with Gasteiger partial charge < -0.3 is 15.7 Å². The standard InChI is InChI=1S/C19H27N5O3S/c1-14-13-20-19(24-18(14)22-15-5-3-2-4-6-15)23-16-7-9-17(10-8-16)28(26,27)21-11-12-25/h7-10,13,15,21,25H,2-6,11-12H2,1H3,(H2,20,22,23,24). The van der Waals surface area contributed by atoms with Crippen LogP contribution in [0.4, 0.5) is 17.5 Å². The first kappa shape index (κ1) is 20.5. The SMILES string of the molecule is Cc1cnc(Nc2ccc(S(=O)(=O)NCCO)cc2)nc1NC1CCCCC1. The molecule has 1 fully saturated rings. The second kappa shape index (κ2) is 9.31. The van der Waals surface area contributed by atoms with Gasteiger partial charge in [0.05, 0.1) is 11.5 Å². The number of anilines is 3. The van der Waals surface area contributed by atoms with Crippen molar-refractivity contribution in [3.05, 3.63) is 36.0 Å². The molecule has 9 heteroatoms. The molecule has 0 radical (unpaired) electrons. The molecule has 28 heavy (non-hydrogen) atoms. The summed E-state index contributed by atoms with van der Waals surface area (Å²) in [6.07, 6.45) is 7.89. The smallest absolute Gasteiger partial charge is 0.240 e. The van der Waals surface area contributed by atoms with E-state index in [0.29, 0.717) is 17.7 Å². The Morgan fingerprint density at radius 2 is 1.86 bits per heavy atom. The molecular formula is C19H27N5O3S. The molecular weight excluding hydrogens is 378 g/mol. The lowest BCUT2D eigenvalue weighted by molar-refractivity contribution is 0.301. The molecule has 0 saturated heterocycles. The molecule has 0 aliphatic heterocycles. The second-order valence-electron chi connectivity index (χ2n) is 6.98. The Morgan fingerprint density at radius 3 is 2.54 bits per heavy atom. The maximum Gasteiger partial charge on any atom is 0.240 e. The van der Waals surface area contributed by atoms with Crippen LogP contribution in [-0.2, 0) is 10.0 Å². The van der Waals surface area contributed by atoms with Gasteiger partial charge in [-0.25, -0.2) is 18.1 Å². The summed E-state index contributed by atoms with van der Waals surface area (Å²) in [6.45, 7) is 1.71. The Labute approximate surface area is 165 Å². The molecule has 3 rings (SSSR count). The summed E-state index contributed by atoms with van der Waals surface area (Å²) in [5.41, 5.74) is 1.68. The Bertz CT molecular complexity index is 881. The maximum absolute atomic E-state index is 12.1. The van der Waals surface area contributed by atoms with Gasteiger partial charge in [0.2, 0.25) is 16.0 Å². The van der Waals surface area contributed by atoms with E-state index in [-0.39, 0.29) is 18.0 Å². The fraction of sp³-hybridized carbons (Fsp3) is 0.474. The number of aliphatic hydroxyl groups is 1. The Morgan fingerprint density at radius 1 is 1.14 bits per heavy atom. The van der Waals surface area contributed by atoms with Crippen LogP contribution in [0.5, 0.6) is 0 Å². The predicted molar refractivity (Wildman–Crippen MR) is 109 cm³/mol. The molecule has 1 aliphatic carbocycles. The van der Waals surface area contributed by atoms with Gasteiger partial charge in [-0.2, -0.15) is 4.98 Å². The van der Waals surface area contributed by atoms with Gasteiger partial charge >= 0.3 is 0 Å². The van der Waals surface area contributed by atoms with Gasteiger partial charge in [-0.05, 0) is 44.0 Å². The number of hydrogen-bond donors (Lipinski definition) is 4. The highest BCUT2D eigenvalue weighted by Gasteiger charge is 2.16. The number of nitrogens with one attached hydrogen (secondary N) is 3. The molecule has 1 aromatic heterocycles. The molecule has 1 saturated carbocycles. The van der Waals surface area contributed by atoms with Gasteiger partial charge in [0.1, 0.15) is 5.82 Å². The van der Waals surface area contributed by atoms with Crippen molar-refractivity contribution in [2.24, 2.45) is 0 Å². The largest absolute Gasteiger partial charge is 0.395 e. The summed E-state index contributed by atoms with van der Waals surface area (Å²) >= 11 is 0. The number of sulfonamides is 1. The lowest BCUT2D eigenvalue weighted by Gasteiger charge is -2.24. The fourth-order valence-corrected chi connectivity index (χ4v) is 4.22. The highest BCUT2D eigenvalue weighted by atomic mass is 32.2. The van der Waals surface area contributed by atoms with Crippen molar-refractivity contribution in [2.75, 3.05) is 23.8 Å². The van der Waals surface area contributed by atoms with Gasteiger partial charge in [-0.3, -0.25) is 0 Å². The molecule has 0 bridgehead atoms. The quantitative estimate of drug-likeness (QED) is 0.533. The first-order chi connectivity index (χ1) is 13.5. The van der Waals surface area contributed by atoms with Crippen molar-refractivity contribution < 1.29 is 13.5 Å². The summed E-state index contributed by atoms with van der Waals surface area (Å²) in [7, 11) is -3.62. The number of hydrogen-bond acceptors (Lipinski definition) is 7. The van der Waals surface area contributed by atoms with E-state index in [1.807, 2.05) is 6.92 Å². The van der Waals surface area contributed by atoms with E-state index < -0.39 is 10.0 Å². The first-order valence-electron chi connectivity index (χ1n) is 9.56. The predicted octanol–water partition coefficient (Wildman–Crippen LogP) is 2.54. The summed E-state index contributed by atoms with van der Waals surface area (Å²) in [5.74, 6) is 1.29. The molecule has 0 amide bonds. The number of aryl methyl sites for hydroxylation is 1. The molecule has 0 atom stereocenters. The van der Waals surface area contributed by atoms with Crippen molar-refractivity contribution in [3.8, 4) is 0 Å². The van der Waals surface area contributed by atoms with Crippen LogP contribution in [0.15, 0.2) is 35.4 Å². The number of rotatable bonds is 8. The normalized spacial score (nSPS) is 15.4. The minimum absolute atomic E-state index is 0.0175. The summed E-state index contributed by atoms with van der Waals surface area (Å²) in [5, 5.41) is 15.4. The van der Waals surface area contributed by atoms with Crippen LogP contribution in [-0.4, -0.2) is 42.7 Å². The van der Waals surface area contributed by atoms with Crippen molar-refractivity contribution in [1.29, 1.82) is 0 Å². The number of benzene rings is 1. The third kappa shape index (κ3) is 5.40. The fourth-order valence-electron chi connectivity index (χ4n) is 3.20. The molecule has 1 heterocycles. The maximum atomic E-state index is 12.1. The van der Waals surface area contributed by atoms with E-state index in [2.05, 4.69) is 25.3 Å². The molecule has 1 aromatic carbocycles. The van der Waals surface area contributed by atoms with Crippen LogP contribution in [0.2, 0.25) is 0 Å². The molecule has 4 N–H and O–H groups in total. The average molecular weight is 406 g/mol. The molecule has 1 aliphatic rings. The van der Waals surface area contributed by atoms with Gasteiger partial charge in [0, 0.05) is 30.0 Å². The van der Waals surface area contributed by atoms with Gasteiger partial charge in [-0.15, -0.1) is 0 Å². The number of nitrogens with zero attached hydrogens (tertiary/aromatic N) is 2. The summed E-state index contributed by atoms with van der Waals surface area (Å²) < 4.78 is 26.4. The molecule has 0 spiro atoms. The Hall–Kier alpha value is -2.23. The van der Waals surface area contributed by atoms with Crippen LogP contribution in [0, 0.1) is 6.92 Å². The molecule has 0 unspecified atom stereocenters. The topological polar surface area (TPSA) is 116 Å². The van der Waals surface area contributed by atoms with Crippen LogP contribution >= 0.6 is 0 Å². The van der Waals surface area contributed by atoms with E-state index in [0.717, 1.165) is 24.2 Å². The van der Waals surface area contributed by atoms with Crippen LogP contribution < -0.4 is 15.4 Å². The Kier molecular flexibility index (Phi) is 6.82. The number of aliphatic hydroxyl groups excluding tert-OH is 1. The van der Waals surface area contributed by atoms with E-state index in [1.165, 1.54) is 31.4 Å². The lowest BCUT2D eigenvalue weighted by Crippen LogP contribution is -2.26. The van der Waals surface area contributed by atoms with Crippen molar-refractivity contribution in [1.82, 2.24) is 14.7 Å². The second-order valence-corrected chi connectivity index (χ2v) is 8.74. The van der Waals surface area contributed by atoms with E-state index in [4.69, 9.17) is 5.11 Å². The van der Waals surface area contributed by atoms with Crippen LogP contribution in [0.1, 0.15) is 37.7 Å². The first-order valence-corrected chi connectivity index (χ1v) is 11.0. The average Bonchev–Trinajstić information content (AvgIpc) is 2.70. The van der Waals surface area contributed by atoms with E-state index in [9.17, 15) is 8.42 Å². The van der Waals surface area contributed by atoms with E-state index in [1.54, 1.807) is 18.3 Å². The molecule has 2 aromatic rings. The van der Waals surface area contributed by atoms with E-state index >= 15 is 0 Å². The summed E-state index contributed by atoms with van der Waals surface area (Å²) in [4.78, 5) is 9.04. The van der Waals surface area contributed by atoms with Crippen molar-refractivity contribution in [3.63, 3.8) is 0 Å². The van der Waals surface area contributed by atoms with Gasteiger partial charge in [-0.1, -0.05) is 19.3 Å². The zero-order valence-electron chi connectivity index (χ0n) is 16.0. The number of aromatic nitrogens is 2. The monoisotopic (exact) mass is 405 g/mol.